The van der Waals surface area contributed by atoms with E-state index < -0.39 is 0 Å². The van der Waals surface area contributed by atoms with Gasteiger partial charge in [-0.2, -0.15) is 0 Å². The van der Waals surface area contributed by atoms with Crippen LogP contribution in [0.2, 0.25) is 0 Å². The summed E-state index contributed by atoms with van der Waals surface area (Å²) >= 11 is 1.67. The number of likely N-dealkylation sites (N-methyl/N-ethyl adjacent to an activating group) is 1. The van der Waals surface area contributed by atoms with Crippen LogP contribution in [0.3, 0.4) is 0 Å². The molecule has 1 N–H and O–H groups in total. The first kappa shape index (κ1) is 10.6. The molecule has 4 heteroatoms. The zero-order chi connectivity index (χ0) is 9.84. The van der Waals surface area contributed by atoms with Crippen LogP contribution < -0.4 is 0 Å². The molecule has 0 saturated carbocycles. The highest BCUT2D eigenvalue weighted by Gasteiger charge is 2.07. The number of thiazole rings is 1. The van der Waals surface area contributed by atoms with Crippen molar-refractivity contribution in [1.29, 1.82) is 0 Å². The van der Waals surface area contributed by atoms with Crippen LogP contribution in [0, 0.1) is 6.92 Å². The van der Waals surface area contributed by atoms with Gasteiger partial charge in [-0.25, -0.2) is 4.98 Å². The topological polar surface area (TPSA) is 36.4 Å². The molecule has 0 fully saturated rings. The highest BCUT2D eigenvalue weighted by Crippen LogP contribution is 2.13. The molecule has 3 nitrogen and oxygen atoms in total. The van der Waals surface area contributed by atoms with E-state index in [-0.39, 0.29) is 6.10 Å². The summed E-state index contributed by atoms with van der Waals surface area (Å²) in [7, 11) is 2.01. The number of aryl methyl sites for hydroxylation is 1. The molecule has 0 aliphatic rings. The fourth-order valence-electron chi connectivity index (χ4n) is 1.24. The van der Waals surface area contributed by atoms with Gasteiger partial charge in [0.25, 0.3) is 0 Å². The van der Waals surface area contributed by atoms with Crippen molar-refractivity contribution in [3.05, 3.63) is 16.1 Å². The first-order valence-electron chi connectivity index (χ1n) is 4.35. The fourth-order valence-corrected chi connectivity index (χ4v) is 2.09. The van der Waals surface area contributed by atoms with Gasteiger partial charge >= 0.3 is 0 Å². The van der Waals surface area contributed by atoms with Crippen LogP contribution in [0.25, 0.3) is 0 Å². The second-order valence-electron chi connectivity index (χ2n) is 3.41. The van der Waals surface area contributed by atoms with Crippen LogP contribution in [0.1, 0.15) is 17.5 Å². The van der Waals surface area contributed by atoms with Crippen molar-refractivity contribution in [2.24, 2.45) is 0 Å². The van der Waals surface area contributed by atoms with Crippen LogP contribution in [0.15, 0.2) is 5.51 Å². The maximum Gasteiger partial charge on any atom is 0.0798 e. The summed E-state index contributed by atoms with van der Waals surface area (Å²) < 4.78 is 0. The van der Waals surface area contributed by atoms with Gasteiger partial charge in [0.05, 0.1) is 17.3 Å². The molecule has 0 aromatic carbocycles. The third-order valence-corrected chi connectivity index (χ3v) is 2.75. The monoisotopic (exact) mass is 200 g/mol. The number of rotatable bonds is 4. The number of nitrogens with zero attached hydrogens (tertiary/aromatic N) is 2. The van der Waals surface area contributed by atoms with Crippen LogP contribution >= 0.6 is 11.3 Å². The molecule has 0 unspecified atom stereocenters. The molecule has 0 aliphatic carbocycles. The van der Waals surface area contributed by atoms with Gasteiger partial charge in [0.2, 0.25) is 0 Å². The van der Waals surface area contributed by atoms with Crippen molar-refractivity contribution < 1.29 is 5.11 Å². The molecule has 0 radical (unpaired) electrons. The average Bonchev–Trinajstić information content (AvgIpc) is 2.34. The summed E-state index contributed by atoms with van der Waals surface area (Å²) in [6.07, 6.45) is -0.266. The second kappa shape index (κ2) is 4.69. The normalized spacial score (nSPS) is 13.6. The third-order valence-electron chi connectivity index (χ3n) is 1.83. The molecule has 1 heterocycles. The lowest BCUT2D eigenvalue weighted by Crippen LogP contribution is -2.26. The van der Waals surface area contributed by atoms with Gasteiger partial charge in [-0.05, 0) is 20.9 Å². The van der Waals surface area contributed by atoms with Crippen molar-refractivity contribution in [2.45, 2.75) is 26.5 Å². The Kier molecular flexibility index (Phi) is 3.84. The molecule has 1 atom stereocenters. The quantitative estimate of drug-likeness (QED) is 0.795. The Morgan fingerprint density at radius 1 is 1.69 bits per heavy atom. The zero-order valence-electron chi connectivity index (χ0n) is 8.32. The first-order valence-corrected chi connectivity index (χ1v) is 5.23. The Labute approximate surface area is 83.0 Å². The molecule has 74 valence electrons. The van der Waals surface area contributed by atoms with E-state index >= 15 is 0 Å². The van der Waals surface area contributed by atoms with E-state index in [1.54, 1.807) is 18.3 Å². The summed E-state index contributed by atoms with van der Waals surface area (Å²) in [6.45, 7) is 5.40. The fraction of sp³-hybridized carbons (Fsp3) is 0.667. The first-order chi connectivity index (χ1) is 6.09. The minimum atomic E-state index is -0.266. The Morgan fingerprint density at radius 2 is 2.38 bits per heavy atom. The van der Waals surface area contributed by atoms with E-state index in [1.165, 1.54) is 4.88 Å². The minimum absolute atomic E-state index is 0.266. The van der Waals surface area contributed by atoms with Gasteiger partial charge in [-0.1, -0.05) is 0 Å². The highest BCUT2D eigenvalue weighted by atomic mass is 32.1. The van der Waals surface area contributed by atoms with Crippen LogP contribution in [0.5, 0.6) is 0 Å². The van der Waals surface area contributed by atoms with Crippen molar-refractivity contribution >= 4 is 11.3 Å². The maximum atomic E-state index is 9.17. The SMILES string of the molecule is Cc1ncsc1CN(C)C[C@@H](C)O. The summed E-state index contributed by atoms with van der Waals surface area (Å²) in [4.78, 5) is 7.56. The maximum absolute atomic E-state index is 9.17. The Morgan fingerprint density at radius 3 is 2.85 bits per heavy atom. The lowest BCUT2D eigenvalue weighted by atomic mass is 10.3. The molecule has 0 bridgehead atoms. The van der Waals surface area contributed by atoms with E-state index in [9.17, 15) is 0 Å². The molecular weight excluding hydrogens is 184 g/mol. The van der Waals surface area contributed by atoms with Gasteiger partial charge in [0, 0.05) is 18.0 Å². The molecule has 0 spiro atoms. The van der Waals surface area contributed by atoms with E-state index in [0.717, 1.165) is 12.2 Å². The van der Waals surface area contributed by atoms with Crippen LogP contribution in [-0.4, -0.2) is 34.7 Å². The van der Waals surface area contributed by atoms with Crippen LogP contribution in [0.4, 0.5) is 0 Å². The third kappa shape index (κ3) is 3.42. The molecule has 1 rings (SSSR count). The summed E-state index contributed by atoms with van der Waals surface area (Å²) in [5, 5.41) is 9.17. The summed E-state index contributed by atoms with van der Waals surface area (Å²) in [6, 6.07) is 0. The molecule has 1 aromatic rings. The molecule has 13 heavy (non-hydrogen) atoms. The smallest absolute Gasteiger partial charge is 0.0798 e. The van der Waals surface area contributed by atoms with Crippen molar-refractivity contribution in [3.63, 3.8) is 0 Å². The molecule has 0 amide bonds. The van der Waals surface area contributed by atoms with Gasteiger partial charge in [0.1, 0.15) is 0 Å². The predicted octanol–water partition coefficient (Wildman–Crippen LogP) is 1.26. The van der Waals surface area contributed by atoms with E-state index in [1.807, 2.05) is 19.5 Å². The van der Waals surface area contributed by atoms with Crippen molar-refractivity contribution in [1.82, 2.24) is 9.88 Å². The number of hydrogen-bond donors (Lipinski definition) is 1. The number of aliphatic hydroxyl groups is 1. The van der Waals surface area contributed by atoms with Crippen LogP contribution in [-0.2, 0) is 6.54 Å². The lowest BCUT2D eigenvalue weighted by Gasteiger charge is -2.17. The van der Waals surface area contributed by atoms with E-state index in [4.69, 9.17) is 5.11 Å². The number of aliphatic hydroxyl groups excluding tert-OH is 1. The molecular formula is C9H16N2OS. The largest absolute Gasteiger partial charge is 0.392 e. The van der Waals surface area contributed by atoms with Gasteiger partial charge in [-0.15, -0.1) is 11.3 Å². The Balaban J connectivity index is 2.45. The Bertz CT molecular complexity index is 260. The highest BCUT2D eigenvalue weighted by molar-refractivity contribution is 7.09. The Hall–Kier alpha value is -0.450. The number of hydrogen-bond acceptors (Lipinski definition) is 4. The lowest BCUT2D eigenvalue weighted by molar-refractivity contribution is 0.139. The van der Waals surface area contributed by atoms with E-state index in [0.29, 0.717) is 6.54 Å². The predicted molar refractivity (Wildman–Crippen MR) is 54.9 cm³/mol. The van der Waals surface area contributed by atoms with Gasteiger partial charge < -0.3 is 5.11 Å². The summed E-state index contributed by atoms with van der Waals surface area (Å²) in [5.74, 6) is 0. The molecule has 0 saturated heterocycles. The zero-order valence-corrected chi connectivity index (χ0v) is 9.14. The molecule has 0 aliphatic heterocycles. The minimum Gasteiger partial charge on any atom is -0.392 e. The molecule has 1 aromatic heterocycles. The van der Waals surface area contributed by atoms with Crippen molar-refractivity contribution in [3.8, 4) is 0 Å². The average molecular weight is 200 g/mol. The van der Waals surface area contributed by atoms with Gasteiger partial charge in [0.15, 0.2) is 0 Å². The number of aromatic nitrogens is 1. The standard InChI is InChI=1S/C9H16N2OS/c1-7(12)4-11(3)5-9-8(2)10-6-13-9/h6-7,12H,4-5H2,1-3H3/t7-/m1/s1. The second-order valence-corrected chi connectivity index (χ2v) is 4.35. The van der Waals surface area contributed by atoms with Crippen molar-refractivity contribution in [2.75, 3.05) is 13.6 Å². The van der Waals surface area contributed by atoms with Gasteiger partial charge in [-0.3, -0.25) is 4.90 Å². The van der Waals surface area contributed by atoms with E-state index in [2.05, 4.69) is 9.88 Å². The summed E-state index contributed by atoms with van der Waals surface area (Å²) in [5.41, 5.74) is 2.96.